The fourth-order valence-corrected chi connectivity index (χ4v) is 2.08. The summed E-state index contributed by atoms with van der Waals surface area (Å²) in [5, 5.41) is 0. The maximum absolute atomic E-state index is 13.8. The first kappa shape index (κ1) is 14.9. The number of ether oxygens (including phenoxy) is 1. The molecule has 1 rings (SSSR count). The van der Waals surface area contributed by atoms with Crippen LogP contribution in [0.2, 0.25) is 0 Å². The van der Waals surface area contributed by atoms with Gasteiger partial charge in [-0.25, -0.2) is 4.39 Å². The van der Waals surface area contributed by atoms with Gasteiger partial charge in [0, 0.05) is 6.04 Å². The SMILES string of the molecule is CCOc1ccc(C(N)C(CN)C(C)C)cc1F. The Bertz CT molecular complexity index is 382. The molecule has 0 spiro atoms. The number of nitrogens with two attached hydrogens (primary N) is 2. The standard InChI is InChI=1S/C14H23FN2O/c1-4-18-13-6-5-10(7-12(13)15)14(17)11(8-16)9(2)3/h5-7,9,11,14H,4,8,16-17H2,1-3H3. The summed E-state index contributed by atoms with van der Waals surface area (Å²) < 4.78 is 18.9. The van der Waals surface area contributed by atoms with Crippen molar-refractivity contribution in [1.82, 2.24) is 0 Å². The molecule has 2 atom stereocenters. The summed E-state index contributed by atoms with van der Waals surface area (Å²) in [6.07, 6.45) is 0. The van der Waals surface area contributed by atoms with Crippen LogP contribution in [0.4, 0.5) is 4.39 Å². The largest absolute Gasteiger partial charge is 0.491 e. The van der Waals surface area contributed by atoms with E-state index in [4.69, 9.17) is 16.2 Å². The summed E-state index contributed by atoms with van der Waals surface area (Å²) >= 11 is 0. The van der Waals surface area contributed by atoms with E-state index in [2.05, 4.69) is 13.8 Å². The highest BCUT2D eigenvalue weighted by molar-refractivity contribution is 5.31. The van der Waals surface area contributed by atoms with Crippen molar-refractivity contribution in [2.75, 3.05) is 13.2 Å². The zero-order chi connectivity index (χ0) is 13.7. The second kappa shape index (κ2) is 6.71. The third-order valence-corrected chi connectivity index (χ3v) is 3.23. The van der Waals surface area contributed by atoms with Gasteiger partial charge in [-0.15, -0.1) is 0 Å². The van der Waals surface area contributed by atoms with Gasteiger partial charge in [-0.2, -0.15) is 0 Å². The average molecular weight is 254 g/mol. The van der Waals surface area contributed by atoms with Crippen LogP contribution < -0.4 is 16.2 Å². The molecular formula is C14H23FN2O. The second-order valence-corrected chi connectivity index (χ2v) is 4.79. The Morgan fingerprint density at radius 1 is 1.33 bits per heavy atom. The summed E-state index contributed by atoms with van der Waals surface area (Å²) in [7, 11) is 0. The Labute approximate surface area is 108 Å². The van der Waals surface area contributed by atoms with E-state index in [0.717, 1.165) is 5.56 Å². The van der Waals surface area contributed by atoms with Crippen molar-refractivity contribution < 1.29 is 9.13 Å². The van der Waals surface area contributed by atoms with Crippen molar-refractivity contribution in [2.24, 2.45) is 23.3 Å². The molecule has 0 saturated heterocycles. The van der Waals surface area contributed by atoms with E-state index in [-0.39, 0.29) is 23.5 Å². The van der Waals surface area contributed by atoms with Gasteiger partial charge in [0.2, 0.25) is 0 Å². The lowest BCUT2D eigenvalue weighted by atomic mass is 9.85. The van der Waals surface area contributed by atoms with E-state index in [0.29, 0.717) is 19.1 Å². The molecule has 1 aromatic carbocycles. The zero-order valence-electron chi connectivity index (χ0n) is 11.3. The van der Waals surface area contributed by atoms with Crippen molar-refractivity contribution >= 4 is 0 Å². The van der Waals surface area contributed by atoms with E-state index in [1.54, 1.807) is 6.07 Å². The van der Waals surface area contributed by atoms with E-state index in [1.165, 1.54) is 6.07 Å². The highest BCUT2D eigenvalue weighted by Crippen LogP contribution is 2.28. The summed E-state index contributed by atoms with van der Waals surface area (Å²) in [6, 6.07) is 4.63. The van der Waals surface area contributed by atoms with Crippen LogP contribution in [0, 0.1) is 17.7 Å². The Balaban J connectivity index is 2.92. The Morgan fingerprint density at radius 2 is 2.00 bits per heavy atom. The molecule has 3 nitrogen and oxygen atoms in total. The molecule has 0 aromatic heterocycles. The van der Waals surface area contributed by atoms with E-state index >= 15 is 0 Å². The first-order valence-corrected chi connectivity index (χ1v) is 6.39. The number of hydrogen-bond donors (Lipinski definition) is 2. The predicted molar refractivity (Wildman–Crippen MR) is 71.9 cm³/mol. The maximum atomic E-state index is 13.8. The van der Waals surface area contributed by atoms with E-state index in [1.807, 2.05) is 13.0 Å². The minimum atomic E-state index is -0.371. The lowest BCUT2D eigenvalue weighted by Gasteiger charge is -2.26. The predicted octanol–water partition coefficient (Wildman–Crippen LogP) is 2.46. The van der Waals surface area contributed by atoms with Crippen LogP contribution in [0.3, 0.4) is 0 Å². The monoisotopic (exact) mass is 254 g/mol. The van der Waals surface area contributed by atoms with E-state index < -0.39 is 0 Å². The molecule has 2 unspecified atom stereocenters. The van der Waals surface area contributed by atoms with Crippen molar-refractivity contribution in [3.63, 3.8) is 0 Å². The first-order chi connectivity index (χ1) is 8.51. The normalized spacial score (nSPS) is 14.6. The molecular weight excluding hydrogens is 231 g/mol. The Hall–Kier alpha value is -1.13. The lowest BCUT2D eigenvalue weighted by molar-refractivity contribution is 0.317. The summed E-state index contributed by atoms with van der Waals surface area (Å²) in [5.74, 6) is 0.397. The van der Waals surface area contributed by atoms with Gasteiger partial charge in [0.15, 0.2) is 11.6 Å². The van der Waals surface area contributed by atoms with Crippen LogP contribution in [0.5, 0.6) is 5.75 Å². The molecule has 0 amide bonds. The Kier molecular flexibility index (Phi) is 5.56. The van der Waals surface area contributed by atoms with Gasteiger partial charge in [-0.1, -0.05) is 19.9 Å². The van der Waals surface area contributed by atoms with Crippen LogP contribution >= 0.6 is 0 Å². The number of halogens is 1. The molecule has 4 N–H and O–H groups in total. The van der Waals surface area contributed by atoms with Crippen molar-refractivity contribution in [2.45, 2.75) is 26.8 Å². The molecule has 0 bridgehead atoms. The summed E-state index contributed by atoms with van der Waals surface area (Å²) in [6.45, 7) is 6.90. The van der Waals surface area contributed by atoms with E-state index in [9.17, 15) is 4.39 Å². The fourth-order valence-electron chi connectivity index (χ4n) is 2.08. The first-order valence-electron chi connectivity index (χ1n) is 6.39. The molecule has 4 heteroatoms. The molecule has 18 heavy (non-hydrogen) atoms. The maximum Gasteiger partial charge on any atom is 0.165 e. The minimum Gasteiger partial charge on any atom is -0.491 e. The zero-order valence-corrected chi connectivity index (χ0v) is 11.3. The molecule has 0 fully saturated rings. The van der Waals surface area contributed by atoms with Crippen molar-refractivity contribution in [3.8, 4) is 5.75 Å². The fraction of sp³-hybridized carbons (Fsp3) is 0.571. The topological polar surface area (TPSA) is 61.3 Å². The average Bonchev–Trinajstić information content (AvgIpc) is 2.32. The lowest BCUT2D eigenvalue weighted by Crippen LogP contribution is -2.31. The summed E-state index contributed by atoms with van der Waals surface area (Å²) in [4.78, 5) is 0. The smallest absolute Gasteiger partial charge is 0.165 e. The van der Waals surface area contributed by atoms with Crippen LogP contribution in [0.25, 0.3) is 0 Å². The molecule has 0 aliphatic heterocycles. The molecule has 1 aromatic rings. The highest BCUT2D eigenvalue weighted by atomic mass is 19.1. The van der Waals surface area contributed by atoms with Gasteiger partial charge in [0.1, 0.15) is 0 Å². The minimum absolute atomic E-state index is 0.141. The third-order valence-electron chi connectivity index (χ3n) is 3.23. The number of rotatable bonds is 6. The van der Waals surface area contributed by atoms with Crippen LogP contribution in [0.15, 0.2) is 18.2 Å². The van der Waals surface area contributed by atoms with Crippen LogP contribution in [-0.4, -0.2) is 13.2 Å². The summed E-state index contributed by atoms with van der Waals surface area (Å²) in [5.41, 5.74) is 12.6. The molecule has 0 aliphatic carbocycles. The highest BCUT2D eigenvalue weighted by Gasteiger charge is 2.22. The van der Waals surface area contributed by atoms with Crippen LogP contribution in [0.1, 0.15) is 32.4 Å². The third kappa shape index (κ3) is 3.43. The van der Waals surface area contributed by atoms with Gasteiger partial charge < -0.3 is 16.2 Å². The van der Waals surface area contributed by atoms with Crippen LogP contribution in [-0.2, 0) is 0 Å². The van der Waals surface area contributed by atoms with Gasteiger partial charge in [0.25, 0.3) is 0 Å². The van der Waals surface area contributed by atoms with Gasteiger partial charge in [-0.3, -0.25) is 0 Å². The van der Waals surface area contributed by atoms with Crippen molar-refractivity contribution in [3.05, 3.63) is 29.6 Å². The Morgan fingerprint density at radius 3 is 2.44 bits per heavy atom. The quantitative estimate of drug-likeness (QED) is 0.819. The van der Waals surface area contributed by atoms with Gasteiger partial charge >= 0.3 is 0 Å². The second-order valence-electron chi connectivity index (χ2n) is 4.79. The molecule has 102 valence electrons. The van der Waals surface area contributed by atoms with Crippen molar-refractivity contribution in [1.29, 1.82) is 0 Å². The number of benzene rings is 1. The van der Waals surface area contributed by atoms with Gasteiger partial charge in [0.05, 0.1) is 6.61 Å². The molecule has 0 heterocycles. The molecule has 0 radical (unpaired) electrons. The van der Waals surface area contributed by atoms with Gasteiger partial charge in [-0.05, 0) is 43.0 Å². The molecule has 0 saturated carbocycles. The molecule has 0 aliphatic rings. The number of hydrogen-bond acceptors (Lipinski definition) is 3.